The molecule has 3 aromatic carbocycles. The first-order valence-electron chi connectivity index (χ1n) is 15.6. The maximum absolute atomic E-state index is 14.3. The molecule has 0 spiro atoms. The zero-order valence-corrected chi connectivity index (χ0v) is 26.8. The number of esters is 1. The molecule has 0 aliphatic carbocycles. The first-order valence-corrected chi connectivity index (χ1v) is 15.6. The molecule has 0 radical (unpaired) electrons. The van der Waals surface area contributed by atoms with E-state index >= 15 is 0 Å². The van der Waals surface area contributed by atoms with Crippen LogP contribution >= 0.6 is 0 Å². The van der Waals surface area contributed by atoms with Gasteiger partial charge in [0.1, 0.15) is 11.4 Å². The molecule has 2 N–H and O–H groups in total. The summed E-state index contributed by atoms with van der Waals surface area (Å²) in [5.41, 5.74) is 4.82. The lowest BCUT2D eigenvalue weighted by Crippen LogP contribution is -2.28. The number of halogens is 1. The Balaban J connectivity index is 1.78. The van der Waals surface area contributed by atoms with E-state index in [1.54, 1.807) is 32.9 Å². The van der Waals surface area contributed by atoms with Crippen molar-refractivity contribution in [3.63, 3.8) is 0 Å². The van der Waals surface area contributed by atoms with E-state index in [-0.39, 0.29) is 43.2 Å². The van der Waals surface area contributed by atoms with Crippen molar-refractivity contribution >= 4 is 11.8 Å². The zero-order valence-electron chi connectivity index (χ0n) is 26.8. The molecule has 7 heteroatoms. The highest BCUT2D eigenvalue weighted by Gasteiger charge is 2.31. The summed E-state index contributed by atoms with van der Waals surface area (Å²) >= 11 is 0. The number of ether oxygens (including phenoxy) is 1. The number of benzene rings is 3. The summed E-state index contributed by atoms with van der Waals surface area (Å²) in [5.74, 6) is -0.982. The number of hydrogen-bond acceptors (Lipinski definition) is 5. The van der Waals surface area contributed by atoms with E-state index in [1.807, 2.05) is 74.5 Å². The van der Waals surface area contributed by atoms with Crippen LogP contribution in [-0.4, -0.2) is 44.3 Å². The molecule has 0 bridgehead atoms. The topological polar surface area (TPSA) is 88.8 Å². The van der Waals surface area contributed by atoms with Crippen LogP contribution in [-0.2, 0) is 22.5 Å². The molecular formula is C38H44FNO5. The first-order chi connectivity index (χ1) is 21.3. The minimum atomic E-state index is -1.07. The van der Waals surface area contributed by atoms with Gasteiger partial charge in [0.05, 0.1) is 24.3 Å². The third-order valence-corrected chi connectivity index (χ3v) is 7.57. The molecule has 45 heavy (non-hydrogen) atoms. The second-order valence-corrected chi connectivity index (χ2v) is 12.9. The van der Waals surface area contributed by atoms with Crippen LogP contribution < -0.4 is 0 Å². The third kappa shape index (κ3) is 8.99. The van der Waals surface area contributed by atoms with Gasteiger partial charge in [-0.15, -0.1) is 0 Å². The van der Waals surface area contributed by atoms with Gasteiger partial charge in [0.15, 0.2) is 5.78 Å². The molecule has 1 heterocycles. The van der Waals surface area contributed by atoms with Gasteiger partial charge in [0.25, 0.3) is 0 Å². The van der Waals surface area contributed by atoms with Gasteiger partial charge in [0.2, 0.25) is 0 Å². The molecule has 0 aliphatic heterocycles. The van der Waals surface area contributed by atoms with Gasteiger partial charge in [-0.3, -0.25) is 9.59 Å². The second kappa shape index (κ2) is 14.8. The molecule has 6 nitrogen and oxygen atoms in total. The standard InChI is InChI=1S/C38H44FNO5/c1-25(2)36-35(32(43)22-26-12-8-6-9-13-26)34(27-14-10-7-11-15-27)37(28-16-18-29(39)19-17-28)40(36)21-20-30(41)23-31(42)24-33(44)45-38(3,4)5/h6-19,25,30-31,41-42H,20-24H2,1-5H3/t30-,31-/m1/s1. The summed E-state index contributed by atoms with van der Waals surface area (Å²) < 4.78 is 21.5. The van der Waals surface area contributed by atoms with Crippen molar-refractivity contribution in [2.45, 2.75) is 90.6 Å². The number of aliphatic hydroxyl groups is 2. The highest BCUT2D eigenvalue weighted by atomic mass is 19.1. The van der Waals surface area contributed by atoms with E-state index in [4.69, 9.17) is 4.74 Å². The van der Waals surface area contributed by atoms with Crippen molar-refractivity contribution in [3.05, 3.63) is 108 Å². The van der Waals surface area contributed by atoms with Crippen molar-refractivity contribution < 1.29 is 28.9 Å². The average molecular weight is 614 g/mol. The maximum atomic E-state index is 14.3. The fourth-order valence-electron chi connectivity index (χ4n) is 5.78. The Kier molecular flexibility index (Phi) is 11.1. The van der Waals surface area contributed by atoms with E-state index in [9.17, 15) is 24.2 Å². The number of ketones is 1. The average Bonchev–Trinajstić information content (AvgIpc) is 3.32. The molecule has 0 amide bonds. The Morgan fingerprint density at radius 1 is 0.844 bits per heavy atom. The minimum Gasteiger partial charge on any atom is -0.460 e. The fraction of sp³-hybridized carbons (Fsp3) is 0.368. The summed E-state index contributed by atoms with van der Waals surface area (Å²) in [7, 11) is 0. The van der Waals surface area contributed by atoms with Crippen LogP contribution in [0.3, 0.4) is 0 Å². The molecule has 4 rings (SSSR count). The highest BCUT2D eigenvalue weighted by Crippen LogP contribution is 2.43. The summed E-state index contributed by atoms with van der Waals surface area (Å²) in [6.07, 6.45) is -1.74. The summed E-state index contributed by atoms with van der Waals surface area (Å²) in [4.78, 5) is 26.5. The number of aromatic nitrogens is 1. The zero-order chi connectivity index (χ0) is 32.7. The quantitative estimate of drug-likeness (QED) is 0.119. The maximum Gasteiger partial charge on any atom is 0.308 e. The Morgan fingerprint density at radius 3 is 2.02 bits per heavy atom. The van der Waals surface area contributed by atoms with E-state index in [0.29, 0.717) is 12.1 Å². The lowest BCUT2D eigenvalue weighted by atomic mass is 9.90. The normalized spacial score (nSPS) is 13.1. The van der Waals surface area contributed by atoms with Crippen LogP contribution in [0.1, 0.15) is 81.4 Å². The van der Waals surface area contributed by atoms with Crippen molar-refractivity contribution in [1.29, 1.82) is 0 Å². The Bertz CT molecular complexity index is 1570. The van der Waals surface area contributed by atoms with E-state index in [1.165, 1.54) is 12.1 Å². The first kappa shape index (κ1) is 33.8. The van der Waals surface area contributed by atoms with Crippen LogP contribution in [0.25, 0.3) is 22.4 Å². The molecule has 238 valence electrons. The molecule has 1 aromatic heterocycles. The number of aliphatic hydroxyl groups excluding tert-OH is 2. The van der Waals surface area contributed by atoms with Crippen LogP contribution in [0.15, 0.2) is 84.9 Å². The SMILES string of the molecule is CC(C)c1c(C(=O)Cc2ccccc2)c(-c2ccccc2)c(-c2ccc(F)cc2)n1CC[C@@H](O)C[C@@H](O)CC(=O)OC(C)(C)C. The lowest BCUT2D eigenvalue weighted by Gasteiger charge is -2.22. The number of nitrogens with zero attached hydrogens (tertiary/aromatic N) is 1. The van der Waals surface area contributed by atoms with E-state index in [2.05, 4.69) is 4.57 Å². The lowest BCUT2D eigenvalue weighted by molar-refractivity contribution is -0.157. The van der Waals surface area contributed by atoms with Crippen molar-refractivity contribution in [2.24, 2.45) is 0 Å². The van der Waals surface area contributed by atoms with Gasteiger partial charge in [-0.1, -0.05) is 74.5 Å². The minimum absolute atomic E-state index is 0.00522. The number of carbonyl (C=O) groups excluding carboxylic acids is 2. The van der Waals surface area contributed by atoms with Crippen LogP contribution in [0, 0.1) is 5.82 Å². The largest absolute Gasteiger partial charge is 0.460 e. The van der Waals surface area contributed by atoms with Crippen LogP contribution in [0.5, 0.6) is 0 Å². The number of hydrogen-bond donors (Lipinski definition) is 2. The van der Waals surface area contributed by atoms with Gasteiger partial charge < -0.3 is 19.5 Å². The summed E-state index contributed by atoms with van der Waals surface area (Å²) in [6, 6.07) is 25.6. The molecule has 4 aromatic rings. The van der Waals surface area contributed by atoms with Gasteiger partial charge in [-0.05, 0) is 80.5 Å². The number of carbonyl (C=O) groups is 2. The molecule has 2 atom stereocenters. The number of rotatable bonds is 13. The van der Waals surface area contributed by atoms with Gasteiger partial charge >= 0.3 is 5.97 Å². The molecule has 0 saturated carbocycles. The molecule has 0 fully saturated rings. The fourth-order valence-corrected chi connectivity index (χ4v) is 5.78. The Morgan fingerprint density at radius 2 is 1.44 bits per heavy atom. The molecule has 0 aliphatic rings. The van der Waals surface area contributed by atoms with Crippen LogP contribution in [0.2, 0.25) is 0 Å². The highest BCUT2D eigenvalue weighted by molar-refractivity contribution is 6.08. The van der Waals surface area contributed by atoms with E-state index in [0.717, 1.165) is 33.6 Å². The van der Waals surface area contributed by atoms with Crippen molar-refractivity contribution in [1.82, 2.24) is 4.57 Å². The Hall–Kier alpha value is -4.07. The summed E-state index contributed by atoms with van der Waals surface area (Å²) in [5, 5.41) is 21.6. The second-order valence-electron chi connectivity index (χ2n) is 12.9. The third-order valence-electron chi connectivity index (χ3n) is 7.57. The molecule has 0 saturated heterocycles. The predicted octanol–water partition coefficient (Wildman–Crippen LogP) is 7.74. The van der Waals surface area contributed by atoms with Crippen molar-refractivity contribution in [2.75, 3.05) is 0 Å². The molecular weight excluding hydrogens is 569 g/mol. The van der Waals surface area contributed by atoms with Gasteiger partial charge in [-0.2, -0.15) is 0 Å². The van der Waals surface area contributed by atoms with Crippen LogP contribution in [0.4, 0.5) is 4.39 Å². The van der Waals surface area contributed by atoms with E-state index < -0.39 is 23.8 Å². The Labute approximate surface area is 265 Å². The van der Waals surface area contributed by atoms with Gasteiger partial charge in [0, 0.05) is 29.8 Å². The van der Waals surface area contributed by atoms with Crippen molar-refractivity contribution in [3.8, 4) is 22.4 Å². The summed E-state index contributed by atoms with van der Waals surface area (Å²) in [6.45, 7) is 9.69. The smallest absolute Gasteiger partial charge is 0.308 e. The molecule has 0 unspecified atom stereocenters. The number of Topliss-reactive ketones (excluding diaryl/α,β-unsaturated/α-hetero) is 1. The monoisotopic (exact) mass is 613 g/mol. The predicted molar refractivity (Wildman–Crippen MR) is 176 cm³/mol. The van der Waals surface area contributed by atoms with Gasteiger partial charge in [-0.25, -0.2) is 4.39 Å².